The number of ether oxygens (including phenoxy) is 2. The Hall–Kier alpha value is -4.61. The predicted molar refractivity (Wildman–Crippen MR) is 184 cm³/mol. The minimum Gasteiger partial charge on any atom is -0.503 e. The number of carbonyl (C=O) groups excluding carboxylic acids is 2. The molecule has 1 unspecified atom stereocenters. The molecule has 2 aromatic heterocycles. The van der Waals surface area contributed by atoms with Gasteiger partial charge in [-0.05, 0) is 66.4 Å². The lowest BCUT2D eigenvalue weighted by Crippen LogP contribution is -2.31. The van der Waals surface area contributed by atoms with Gasteiger partial charge in [0.1, 0.15) is 5.76 Å². The molecule has 0 aliphatic carbocycles. The van der Waals surface area contributed by atoms with Gasteiger partial charge in [0.2, 0.25) is 10.9 Å². The van der Waals surface area contributed by atoms with E-state index in [4.69, 9.17) is 13.9 Å². The number of hydrogen-bond donors (Lipinski definition) is 1. The van der Waals surface area contributed by atoms with Crippen molar-refractivity contribution >= 4 is 50.7 Å². The number of carbonyl (C=O) groups is 2. The van der Waals surface area contributed by atoms with E-state index in [2.05, 4.69) is 41.4 Å². The fourth-order valence-corrected chi connectivity index (χ4v) is 7.44. The number of rotatable bonds is 14. The number of Topliss-reactive ketones (excluding diaryl/α,β-unsaturated/α-hetero) is 1. The smallest absolute Gasteiger partial charge is 0.296 e. The van der Waals surface area contributed by atoms with Crippen LogP contribution in [-0.4, -0.2) is 40.2 Å². The van der Waals surface area contributed by atoms with Crippen LogP contribution in [0.15, 0.2) is 92.9 Å². The van der Waals surface area contributed by atoms with E-state index in [0.717, 1.165) is 35.6 Å². The maximum atomic E-state index is 13.8. The number of fused-ring (bicyclic) bond motifs is 1. The molecular formula is C36H35N3O6S2. The van der Waals surface area contributed by atoms with Crippen molar-refractivity contribution < 1.29 is 28.6 Å². The van der Waals surface area contributed by atoms with E-state index in [1.54, 1.807) is 31.2 Å². The molecule has 0 radical (unpaired) electrons. The van der Waals surface area contributed by atoms with Crippen LogP contribution in [0.4, 0.5) is 5.13 Å². The van der Waals surface area contributed by atoms with Crippen molar-refractivity contribution in [3.05, 3.63) is 107 Å². The molecule has 1 N–H and O–H groups in total. The quantitative estimate of drug-likeness (QED) is 0.0537. The average Bonchev–Trinajstić information content (AvgIpc) is 3.80. The lowest BCUT2D eigenvalue weighted by atomic mass is 9.95. The number of aromatic nitrogens is 2. The summed E-state index contributed by atoms with van der Waals surface area (Å²) in [5.41, 5.74) is 1.59. The summed E-state index contributed by atoms with van der Waals surface area (Å²) in [6.07, 6.45) is 3.03. The molecule has 0 saturated carbocycles. The van der Waals surface area contributed by atoms with Crippen LogP contribution in [0, 0.1) is 6.92 Å². The number of aliphatic hydroxyl groups is 1. The third-order valence-corrected chi connectivity index (χ3v) is 9.94. The number of benzene rings is 3. The first-order valence-corrected chi connectivity index (χ1v) is 17.4. The Morgan fingerprint density at radius 2 is 1.83 bits per heavy atom. The summed E-state index contributed by atoms with van der Waals surface area (Å²) in [5, 5.41) is 22.5. The van der Waals surface area contributed by atoms with Gasteiger partial charge in [-0.3, -0.25) is 14.5 Å². The van der Waals surface area contributed by atoms with E-state index >= 15 is 0 Å². The average molecular weight is 670 g/mol. The first-order chi connectivity index (χ1) is 22.9. The van der Waals surface area contributed by atoms with Crippen LogP contribution < -0.4 is 14.4 Å². The van der Waals surface area contributed by atoms with E-state index in [0.29, 0.717) is 46.1 Å². The molecule has 3 aromatic carbocycles. The highest BCUT2D eigenvalue weighted by Gasteiger charge is 2.47. The Labute approximate surface area is 281 Å². The predicted octanol–water partition coefficient (Wildman–Crippen LogP) is 8.64. The summed E-state index contributed by atoms with van der Waals surface area (Å²) in [4.78, 5) is 28.9. The number of nitrogens with zero attached hydrogens (tertiary/aromatic N) is 3. The normalized spacial score (nSPS) is 14.7. The minimum absolute atomic E-state index is 0.0215. The van der Waals surface area contributed by atoms with Gasteiger partial charge >= 0.3 is 0 Å². The lowest BCUT2D eigenvalue weighted by Gasteiger charge is -2.25. The maximum absolute atomic E-state index is 13.8. The highest BCUT2D eigenvalue weighted by Crippen LogP contribution is 2.46. The van der Waals surface area contributed by atoms with Gasteiger partial charge in [-0.2, -0.15) is 0 Å². The number of thioether (sulfide) groups is 1. The van der Waals surface area contributed by atoms with E-state index in [1.165, 1.54) is 34.1 Å². The molecule has 6 rings (SSSR count). The van der Waals surface area contributed by atoms with E-state index < -0.39 is 23.5 Å². The molecule has 0 spiro atoms. The zero-order valence-electron chi connectivity index (χ0n) is 26.4. The molecular weight excluding hydrogens is 635 g/mol. The fraction of sp³-hybridized carbons (Fsp3) is 0.278. The second-order valence-corrected chi connectivity index (χ2v) is 13.2. The monoisotopic (exact) mass is 669 g/mol. The molecule has 1 aliphatic heterocycles. The number of furan rings is 1. The topological polar surface area (TPSA) is 115 Å². The van der Waals surface area contributed by atoms with Crippen molar-refractivity contribution in [1.29, 1.82) is 0 Å². The van der Waals surface area contributed by atoms with Crippen LogP contribution in [0.1, 0.15) is 66.6 Å². The number of unbranched alkanes of at least 4 members (excludes halogenated alkanes) is 2. The summed E-state index contributed by atoms with van der Waals surface area (Å²) in [6.45, 7) is 6.64. The summed E-state index contributed by atoms with van der Waals surface area (Å²) in [6, 6.07) is 21.9. The first-order valence-electron chi connectivity index (χ1n) is 15.6. The fourth-order valence-electron chi connectivity index (χ4n) is 5.57. The standard InChI is InChI=1S/C36H35N3O6S2/c1-4-6-9-19-44-27-18-16-24(20-29(27)43-5-2)31-30(32(40)28-17-15-22(3)45-28)33(41)34(42)39(31)35-37-38-36(47-35)46-21-25-13-10-12-23-11-7-8-14-26(23)25/h7-8,10-18,20,31,41H,4-6,9,19,21H2,1-3H3. The summed E-state index contributed by atoms with van der Waals surface area (Å²) < 4.78 is 18.2. The number of aliphatic hydroxyl groups excluding tert-OH is 1. The summed E-state index contributed by atoms with van der Waals surface area (Å²) in [5.74, 6) is 0.241. The Kier molecular flexibility index (Phi) is 9.93. The largest absolute Gasteiger partial charge is 0.503 e. The number of anilines is 1. The maximum Gasteiger partial charge on any atom is 0.296 e. The molecule has 9 nitrogen and oxygen atoms in total. The molecule has 0 fully saturated rings. The summed E-state index contributed by atoms with van der Waals surface area (Å²) in [7, 11) is 0. The van der Waals surface area contributed by atoms with Crippen molar-refractivity contribution in [1.82, 2.24) is 10.2 Å². The van der Waals surface area contributed by atoms with Gasteiger partial charge in [0.25, 0.3) is 5.91 Å². The molecule has 1 amide bonds. The molecule has 11 heteroatoms. The molecule has 0 bridgehead atoms. The molecule has 242 valence electrons. The molecule has 47 heavy (non-hydrogen) atoms. The Bertz CT molecular complexity index is 1940. The van der Waals surface area contributed by atoms with Gasteiger partial charge in [-0.15, -0.1) is 10.2 Å². The van der Waals surface area contributed by atoms with Gasteiger partial charge < -0.3 is 19.0 Å². The van der Waals surface area contributed by atoms with Gasteiger partial charge in [0.05, 0.1) is 24.8 Å². The third-order valence-electron chi connectivity index (χ3n) is 7.84. The molecule has 5 aromatic rings. The molecule has 1 aliphatic rings. The van der Waals surface area contributed by atoms with Gasteiger partial charge in [0, 0.05) is 5.75 Å². The van der Waals surface area contributed by atoms with Crippen LogP contribution in [0.3, 0.4) is 0 Å². The minimum atomic E-state index is -1.02. The van der Waals surface area contributed by atoms with Crippen LogP contribution in [0.2, 0.25) is 0 Å². The van der Waals surface area contributed by atoms with Crippen molar-refractivity contribution in [3.63, 3.8) is 0 Å². The second-order valence-electron chi connectivity index (χ2n) is 11.1. The number of aryl methyl sites for hydroxylation is 1. The van der Waals surface area contributed by atoms with E-state index in [-0.39, 0.29) is 16.5 Å². The molecule has 1 atom stereocenters. The lowest BCUT2D eigenvalue weighted by molar-refractivity contribution is -0.117. The van der Waals surface area contributed by atoms with Gasteiger partial charge in [-0.1, -0.05) is 91.4 Å². The number of ketones is 1. The van der Waals surface area contributed by atoms with Crippen LogP contribution in [-0.2, 0) is 10.5 Å². The van der Waals surface area contributed by atoms with Crippen molar-refractivity contribution in [2.24, 2.45) is 0 Å². The zero-order chi connectivity index (χ0) is 32.9. The van der Waals surface area contributed by atoms with E-state index in [9.17, 15) is 14.7 Å². The van der Waals surface area contributed by atoms with Crippen LogP contribution in [0.5, 0.6) is 11.5 Å². The Morgan fingerprint density at radius 1 is 1.00 bits per heavy atom. The van der Waals surface area contributed by atoms with Gasteiger partial charge in [-0.25, -0.2) is 0 Å². The zero-order valence-corrected chi connectivity index (χ0v) is 28.0. The van der Waals surface area contributed by atoms with Crippen LogP contribution in [0.25, 0.3) is 10.8 Å². The highest BCUT2D eigenvalue weighted by molar-refractivity contribution is 8.00. The van der Waals surface area contributed by atoms with Crippen molar-refractivity contribution in [2.75, 3.05) is 18.1 Å². The highest BCUT2D eigenvalue weighted by atomic mass is 32.2. The van der Waals surface area contributed by atoms with Crippen molar-refractivity contribution in [2.45, 2.75) is 56.2 Å². The van der Waals surface area contributed by atoms with Crippen molar-refractivity contribution in [3.8, 4) is 11.5 Å². The molecule has 0 saturated heterocycles. The first kappa shape index (κ1) is 32.3. The third kappa shape index (κ3) is 6.77. The molecule has 3 heterocycles. The summed E-state index contributed by atoms with van der Waals surface area (Å²) >= 11 is 2.73. The number of amides is 1. The second kappa shape index (κ2) is 14.4. The van der Waals surface area contributed by atoms with Gasteiger partial charge in [0.15, 0.2) is 27.4 Å². The SMILES string of the molecule is CCCCCOc1ccc(C2C(C(=O)c3ccc(C)o3)=C(O)C(=O)N2c2nnc(SCc3cccc4ccccc34)s2)cc1OCC. The Morgan fingerprint density at radius 3 is 2.62 bits per heavy atom. The van der Waals surface area contributed by atoms with E-state index in [1.807, 2.05) is 25.1 Å². The Balaban J connectivity index is 1.34. The van der Waals surface area contributed by atoms with Crippen LogP contribution >= 0.6 is 23.1 Å². The number of hydrogen-bond acceptors (Lipinski definition) is 10.